The number of benzene rings is 1. The zero-order valence-electron chi connectivity index (χ0n) is 14.1. The van der Waals surface area contributed by atoms with Crippen molar-refractivity contribution in [2.45, 2.75) is 26.3 Å². The van der Waals surface area contributed by atoms with E-state index >= 15 is 0 Å². The van der Waals surface area contributed by atoms with Crippen molar-refractivity contribution < 1.29 is 9.32 Å². The summed E-state index contributed by atoms with van der Waals surface area (Å²) in [6.07, 6.45) is 0.305. The van der Waals surface area contributed by atoms with E-state index in [9.17, 15) is 4.79 Å². The predicted octanol–water partition coefficient (Wildman–Crippen LogP) is 2.40. The minimum Gasteiger partial charge on any atom is -0.339 e. The van der Waals surface area contributed by atoms with Crippen LogP contribution >= 0.6 is 11.6 Å². The van der Waals surface area contributed by atoms with Crippen LogP contribution in [0.15, 0.2) is 22.7 Å². The Morgan fingerprint density at radius 1 is 1.38 bits per heavy atom. The fourth-order valence-electron chi connectivity index (χ4n) is 2.93. The van der Waals surface area contributed by atoms with Crippen LogP contribution < -0.4 is 0 Å². The molecule has 0 N–H and O–H groups in total. The maximum absolute atomic E-state index is 12.7. The number of aromatic nitrogens is 2. The molecule has 7 heteroatoms. The van der Waals surface area contributed by atoms with Crippen LogP contribution in [0.1, 0.15) is 28.9 Å². The molecule has 1 aliphatic heterocycles. The van der Waals surface area contributed by atoms with Gasteiger partial charge in [-0.05, 0) is 32.0 Å². The van der Waals surface area contributed by atoms with Gasteiger partial charge in [0.25, 0.3) is 0 Å². The number of hydrogen-bond acceptors (Lipinski definition) is 5. The summed E-state index contributed by atoms with van der Waals surface area (Å²) in [5.74, 6) is 1.23. The van der Waals surface area contributed by atoms with Gasteiger partial charge in [0.1, 0.15) is 6.04 Å². The highest BCUT2D eigenvalue weighted by Crippen LogP contribution is 2.25. The summed E-state index contributed by atoms with van der Waals surface area (Å²) < 4.78 is 5.29. The number of piperazine rings is 1. The summed E-state index contributed by atoms with van der Waals surface area (Å²) in [6, 6.07) is 5.71. The number of rotatable bonds is 3. The third-order valence-corrected chi connectivity index (χ3v) is 4.98. The van der Waals surface area contributed by atoms with Crippen LogP contribution in [0.4, 0.5) is 0 Å². The van der Waals surface area contributed by atoms with Crippen LogP contribution in [0, 0.1) is 13.8 Å². The summed E-state index contributed by atoms with van der Waals surface area (Å²) >= 11 is 6.31. The van der Waals surface area contributed by atoms with E-state index in [0.717, 1.165) is 17.7 Å². The molecule has 1 fully saturated rings. The Labute approximate surface area is 146 Å². The van der Waals surface area contributed by atoms with Crippen LogP contribution in [0.3, 0.4) is 0 Å². The van der Waals surface area contributed by atoms with Crippen LogP contribution in [0.5, 0.6) is 0 Å². The van der Waals surface area contributed by atoms with E-state index in [1.54, 1.807) is 6.92 Å². The smallest absolute Gasteiger partial charge is 0.245 e. The molecular weight excluding hydrogens is 328 g/mol. The van der Waals surface area contributed by atoms with Gasteiger partial charge in [-0.2, -0.15) is 4.98 Å². The predicted molar refractivity (Wildman–Crippen MR) is 90.9 cm³/mol. The fourth-order valence-corrected chi connectivity index (χ4v) is 3.13. The fraction of sp³-hybridized carbons (Fsp3) is 0.471. The van der Waals surface area contributed by atoms with E-state index in [4.69, 9.17) is 16.1 Å². The number of hydrogen-bond donors (Lipinski definition) is 0. The Kier molecular flexibility index (Phi) is 4.87. The van der Waals surface area contributed by atoms with Crippen molar-refractivity contribution in [1.82, 2.24) is 19.9 Å². The molecule has 1 aromatic carbocycles. The highest BCUT2D eigenvalue weighted by atomic mass is 35.5. The minimum atomic E-state index is -0.0723. The van der Waals surface area contributed by atoms with Crippen molar-refractivity contribution in [3.05, 3.63) is 46.1 Å². The quantitative estimate of drug-likeness (QED) is 0.852. The summed E-state index contributed by atoms with van der Waals surface area (Å²) in [5.41, 5.74) is 1.85. The molecule has 3 rings (SSSR count). The molecule has 0 saturated carbocycles. The molecule has 24 heavy (non-hydrogen) atoms. The zero-order chi connectivity index (χ0) is 17.3. The van der Waals surface area contributed by atoms with Gasteiger partial charge in [-0.3, -0.25) is 9.69 Å². The van der Waals surface area contributed by atoms with Gasteiger partial charge >= 0.3 is 0 Å². The number of halogens is 1. The summed E-state index contributed by atoms with van der Waals surface area (Å²) in [6.45, 7) is 5.72. The number of likely N-dealkylation sites (N-methyl/N-ethyl adjacent to an activating group) is 1. The topological polar surface area (TPSA) is 62.5 Å². The van der Waals surface area contributed by atoms with E-state index in [1.165, 1.54) is 0 Å². The van der Waals surface area contributed by atoms with Crippen molar-refractivity contribution in [2.24, 2.45) is 0 Å². The molecule has 2 heterocycles. The molecule has 1 aromatic heterocycles. The first-order valence-corrected chi connectivity index (χ1v) is 8.35. The lowest BCUT2D eigenvalue weighted by atomic mass is 10.1. The minimum absolute atomic E-state index is 0.0665. The third kappa shape index (κ3) is 3.44. The van der Waals surface area contributed by atoms with Crippen molar-refractivity contribution in [3.63, 3.8) is 0 Å². The van der Waals surface area contributed by atoms with E-state index in [0.29, 0.717) is 36.2 Å². The molecule has 6 nitrogen and oxygen atoms in total. The van der Waals surface area contributed by atoms with E-state index < -0.39 is 0 Å². The largest absolute Gasteiger partial charge is 0.339 e. The number of carbonyl (C=O) groups excluding carboxylic acids is 1. The maximum atomic E-state index is 12.7. The van der Waals surface area contributed by atoms with Gasteiger partial charge in [-0.25, -0.2) is 0 Å². The van der Waals surface area contributed by atoms with Crippen LogP contribution in [0.2, 0.25) is 5.02 Å². The maximum Gasteiger partial charge on any atom is 0.245 e. The Balaban J connectivity index is 1.72. The molecule has 1 aliphatic rings. The lowest BCUT2D eigenvalue weighted by Crippen LogP contribution is -2.49. The lowest BCUT2D eigenvalue weighted by molar-refractivity contribution is -0.133. The lowest BCUT2D eigenvalue weighted by Gasteiger charge is -2.37. The molecule has 1 atom stereocenters. The molecule has 1 unspecified atom stereocenters. The molecule has 2 aromatic rings. The second-order valence-corrected chi connectivity index (χ2v) is 6.62. The number of aryl methyl sites for hydroxylation is 2. The Morgan fingerprint density at radius 2 is 2.17 bits per heavy atom. The van der Waals surface area contributed by atoms with Crippen LogP contribution in [-0.4, -0.2) is 52.5 Å². The van der Waals surface area contributed by atoms with Crippen molar-refractivity contribution in [1.29, 1.82) is 0 Å². The molecule has 128 valence electrons. The molecular formula is C17H21ClN4O2. The molecule has 0 spiro atoms. The van der Waals surface area contributed by atoms with Gasteiger partial charge in [0, 0.05) is 24.7 Å². The second-order valence-electron chi connectivity index (χ2n) is 6.24. The van der Waals surface area contributed by atoms with Crippen LogP contribution in [0.25, 0.3) is 0 Å². The number of amides is 1. The third-order valence-electron chi connectivity index (χ3n) is 4.44. The molecule has 0 aliphatic carbocycles. The average molecular weight is 349 g/mol. The first-order chi connectivity index (χ1) is 11.5. The van der Waals surface area contributed by atoms with Gasteiger partial charge in [0.05, 0.1) is 6.42 Å². The summed E-state index contributed by atoms with van der Waals surface area (Å²) in [4.78, 5) is 21.0. The van der Waals surface area contributed by atoms with Gasteiger partial charge in [0.15, 0.2) is 5.82 Å². The van der Waals surface area contributed by atoms with Gasteiger partial charge in [-0.1, -0.05) is 35.0 Å². The summed E-state index contributed by atoms with van der Waals surface area (Å²) in [7, 11) is 2.00. The van der Waals surface area contributed by atoms with E-state index in [-0.39, 0.29) is 11.9 Å². The first kappa shape index (κ1) is 16.9. The van der Waals surface area contributed by atoms with Crippen molar-refractivity contribution in [2.75, 3.05) is 26.7 Å². The highest BCUT2D eigenvalue weighted by Gasteiger charge is 2.32. The molecule has 0 bridgehead atoms. The standard InChI is InChI=1S/C17H21ClN4O2/c1-11-5-4-6-13(16(11)18)9-15(23)22-8-7-21(3)14(10-22)17-19-12(2)20-24-17/h4-6,14H,7-10H2,1-3H3. The van der Waals surface area contributed by atoms with Crippen molar-refractivity contribution in [3.8, 4) is 0 Å². The first-order valence-electron chi connectivity index (χ1n) is 7.98. The Hall–Kier alpha value is -1.92. The normalized spacial score (nSPS) is 18.8. The molecule has 1 saturated heterocycles. The zero-order valence-corrected chi connectivity index (χ0v) is 14.9. The van der Waals surface area contributed by atoms with Gasteiger partial charge in [0.2, 0.25) is 11.8 Å². The van der Waals surface area contributed by atoms with E-state index in [1.807, 2.05) is 37.1 Å². The highest BCUT2D eigenvalue weighted by molar-refractivity contribution is 6.32. The Morgan fingerprint density at radius 3 is 2.88 bits per heavy atom. The van der Waals surface area contributed by atoms with E-state index in [2.05, 4.69) is 15.0 Å². The van der Waals surface area contributed by atoms with Gasteiger partial charge < -0.3 is 9.42 Å². The SMILES string of the molecule is Cc1noc(C2CN(C(=O)Cc3cccc(C)c3Cl)CCN2C)n1. The average Bonchev–Trinajstić information content (AvgIpc) is 2.98. The van der Waals surface area contributed by atoms with Gasteiger partial charge in [-0.15, -0.1) is 0 Å². The number of nitrogens with zero attached hydrogens (tertiary/aromatic N) is 4. The van der Waals surface area contributed by atoms with Crippen molar-refractivity contribution >= 4 is 17.5 Å². The number of carbonyl (C=O) groups is 1. The second kappa shape index (κ2) is 6.91. The monoisotopic (exact) mass is 348 g/mol. The van der Waals surface area contributed by atoms with Crippen LogP contribution in [-0.2, 0) is 11.2 Å². The molecule has 0 radical (unpaired) electrons. The Bertz CT molecular complexity index is 746. The summed E-state index contributed by atoms with van der Waals surface area (Å²) in [5, 5.41) is 4.52. The molecule has 1 amide bonds.